The number of aromatic nitrogens is 3. The van der Waals surface area contributed by atoms with E-state index in [0.29, 0.717) is 44.2 Å². The summed E-state index contributed by atoms with van der Waals surface area (Å²) < 4.78 is 1.91. The molecule has 2 aliphatic rings. The van der Waals surface area contributed by atoms with Crippen molar-refractivity contribution in [3.05, 3.63) is 47.3 Å². The van der Waals surface area contributed by atoms with Crippen LogP contribution in [0.4, 0.5) is 5.69 Å². The number of piperazine rings is 1. The van der Waals surface area contributed by atoms with E-state index < -0.39 is 5.54 Å². The lowest BCUT2D eigenvalue weighted by Gasteiger charge is -2.46. The van der Waals surface area contributed by atoms with Gasteiger partial charge in [-0.2, -0.15) is 0 Å². The number of hydrogen-bond acceptors (Lipinski definition) is 8. The predicted octanol–water partition coefficient (Wildman–Crippen LogP) is 2.92. The summed E-state index contributed by atoms with van der Waals surface area (Å²) in [5, 5.41) is 17.7. The predicted molar refractivity (Wildman–Crippen MR) is 153 cm³/mol. The summed E-state index contributed by atoms with van der Waals surface area (Å²) >= 11 is 2.95. The molecular formula is C27H35N7O2S2. The molecule has 4 heterocycles. The van der Waals surface area contributed by atoms with Gasteiger partial charge in [-0.15, -0.1) is 21.5 Å². The molecule has 0 saturated carbocycles. The number of carbonyl (C=O) groups is 2. The monoisotopic (exact) mass is 553 g/mol. The zero-order chi connectivity index (χ0) is 26.7. The van der Waals surface area contributed by atoms with Crippen LogP contribution in [-0.2, 0) is 16.6 Å². The molecule has 5 rings (SSSR count). The van der Waals surface area contributed by atoms with Crippen LogP contribution in [0.25, 0.3) is 10.7 Å². The van der Waals surface area contributed by atoms with Gasteiger partial charge >= 0.3 is 0 Å². The summed E-state index contributed by atoms with van der Waals surface area (Å²) in [4.78, 5) is 32.5. The SMILES string of the molecule is Cc1cccc(N2CCN(C(=O)C3(NC(=O)CSc4nnc(-c5cccs5)n4C)CCNCC3)CC2C)c1. The number of nitrogens with zero attached hydrogens (tertiary/aromatic N) is 5. The van der Waals surface area contributed by atoms with Crippen molar-refractivity contribution in [3.63, 3.8) is 0 Å². The van der Waals surface area contributed by atoms with Crippen LogP contribution in [0.1, 0.15) is 25.3 Å². The van der Waals surface area contributed by atoms with Crippen molar-refractivity contribution >= 4 is 40.6 Å². The first kappa shape index (κ1) is 26.7. The van der Waals surface area contributed by atoms with Crippen molar-refractivity contribution < 1.29 is 9.59 Å². The highest BCUT2D eigenvalue weighted by atomic mass is 32.2. The molecule has 3 aromatic rings. The standard InChI is InChI=1S/C27H35N7O2S2/c1-19-6-4-7-21(16-19)34-14-13-33(17-20(34)2)25(36)27(9-11-28-12-10-27)29-23(35)18-38-26-31-30-24(32(26)3)22-8-5-15-37-22/h4-8,15-16,20,28H,9-14,17-18H2,1-3H3,(H,29,35). The second-order valence-electron chi connectivity index (χ2n) is 10.1. The number of benzene rings is 1. The van der Waals surface area contributed by atoms with Gasteiger partial charge in [0.15, 0.2) is 11.0 Å². The van der Waals surface area contributed by atoms with Gasteiger partial charge in [0, 0.05) is 38.4 Å². The van der Waals surface area contributed by atoms with Crippen LogP contribution in [0.2, 0.25) is 0 Å². The Bertz CT molecular complexity index is 1270. The summed E-state index contributed by atoms with van der Waals surface area (Å²) in [6.45, 7) is 7.71. The first-order chi connectivity index (χ1) is 18.4. The first-order valence-corrected chi connectivity index (χ1v) is 14.9. The van der Waals surface area contributed by atoms with E-state index in [1.165, 1.54) is 23.0 Å². The summed E-state index contributed by atoms with van der Waals surface area (Å²) in [7, 11) is 1.91. The highest BCUT2D eigenvalue weighted by molar-refractivity contribution is 7.99. The molecule has 2 aliphatic heterocycles. The van der Waals surface area contributed by atoms with Crippen molar-refractivity contribution in [2.75, 3.05) is 43.4 Å². The normalized spacial score (nSPS) is 19.4. The number of aryl methyl sites for hydroxylation is 1. The Hall–Kier alpha value is -2.89. The van der Waals surface area contributed by atoms with Gasteiger partial charge in [-0.25, -0.2) is 0 Å². The Labute approximate surface area is 232 Å². The maximum Gasteiger partial charge on any atom is 0.248 e. The van der Waals surface area contributed by atoms with Gasteiger partial charge in [-0.3, -0.25) is 9.59 Å². The fourth-order valence-corrected chi connectivity index (χ4v) is 6.83. The van der Waals surface area contributed by atoms with E-state index in [2.05, 4.69) is 63.8 Å². The smallest absolute Gasteiger partial charge is 0.248 e. The van der Waals surface area contributed by atoms with E-state index in [1.54, 1.807) is 11.3 Å². The number of hydrogen-bond donors (Lipinski definition) is 2. The van der Waals surface area contributed by atoms with E-state index in [0.717, 1.165) is 17.2 Å². The molecule has 0 radical (unpaired) electrons. The zero-order valence-corrected chi connectivity index (χ0v) is 23.8. The Balaban J connectivity index is 1.23. The minimum absolute atomic E-state index is 0.0340. The first-order valence-electron chi connectivity index (χ1n) is 13.1. The minimum atomic E-state index is -0.879. The summed E-state index contributed by atoms with van der Waals surface area (Å²) in [6.07, 6.45) is 1.17. The molecule has 38 heavy (non-hydrogen) atoms. The lowest BCUT2D eigenvalue weighted by atomic mass is 9.86. The molecule has 1 atom stereocenters. The maximum absolute atomic E-state index is 13.9. The van der Waals surface area contributed by atoms with Gasteiger partial charge in [0.05, 0.1) is 10.6 Å². The maximum atomic E-state index is 13.9. The number of amides is 2. The number of anilines is 1. The van der Waals surface area contributed by atoms with Gasteiger partial charge < -0.3 is 25.0 Å². The van der Waals surface area contributed by atoms with Crippen molar-refractivity contribution in [1.82, 2.24) is 30.3 Å². The highest BCUT2D eigenvalue weighted by Gasteiger charge is 2.44. The van der Waals surface area contributed by atoms with Gasteiger partial charge in [0.2, 0.25) is 11.8 Å². The molecule has 9 nitrogen and oxygen atoms in total. The van der Waals surface area contributed by atoms with Crippen molar-refractivity contribution in [3.8, 4) is 10.7 Å². The van der Waals surface area contributed by atoms with Gasteiger partial charge in [0.1, 0.15) is 5.54 Å². The van der Waals surface area contributed by atoms with E-state index >= 15 is 0 Å². The average molecular weight is 554 g/mol. The molecular weight excluding hydrogens is 518 g/mol. The van der Waals surface area contributed by atoms with Crippen LogP contribution in [0.5, 0.6) is 0 Å². The van der Waals surface area contributed by atoms with E-state index in [9.17, 15) is 9.59 Å². The Kier molecular flexibility index (Phi) is 8.06. The van der Waals surface area contributed by atoms with Crippen LogP contribution in [0.3, 0.4) is 0 Å². The second kappa shape index (κ2) is 11.5. The van der Waals surface area contributed by atoms with Crippen LogP contribution < -0.4 is 15.5 Å². The molecule has 2 amide bonds. The van der Waals surface area contributed by atoms with Crippen LogP contribution in [0.15, 0.2) is 46.9 Å². The number of thiophene rings is 1. The van der Waals surface area contributed by atoms with Crippen LogP contribution in [-0.4, -0.2) is 81.5 Å². The third-order valence-electron chi connectivity index (χ3n) is 7.40. The largest absolute Gasteiger partial charge is 0.365 e. The van der Waals surface area contributed by atoms with Gasteiger partial charge in [-0.1, -0.05) is 30.0 Å². The Morgan fingerprint density at radius 2 is 2.00 bits per heavy atom. The fourth-order valence-electron chi connectivity index (χ4n) is 5.37. The highest BCUT2D eigenvalue weighted by Crippen LogP contribution is 2.28. The lowest BCUT2D eigenvalue weighted by Crippen LogP contribution is -2.66. The average Bonchev–Trinajstić information content (AvgIpc) is 3.57. The minimum Gasteiger partial charge on any atom is -0.365 e. The Morgan fingerprint density at radius 3 is 2.71 bits per heavy atom. The number of thioether (sulfide) groups is 1. The number of rotatable bonds is 7. The van der Waals surface area contributed by atoms with Crippen molar-refractivity contribution in [2.45, 2.75) is 43.4 Å². The number of carbonyl (C=O) groups excluding carboxylic acids is 2. The molecule has 2 fully saturated rings. The Morgan fingerprint density at radius 1 is 1.18 bits per heavy atom. The quantitative estimate of drug-likeness (QED) is 0.435. The second-order valence-corrected chi connectivity index (χ2v) is 12.0. The number of nitrogens with one attached hydrogen (secondary N) is 2. The fraction of sp³-hybridized carbons (Fsp3) is 0.481. The molecule has 1 aromatic carbocycles. The molecule has 202 valence electrons. The molecule has 0 aliphatic carbocycles. The van der Waals surface area contributed by atoms with E-state index in [1.807, 2.05) is 34.0 Å². The third-order valence-corrected chi connectivity index (χ3v) is 9.29. The van der Waals surface area contributed by atoms with E-state index in [4.69, 9.17) is 0 Å². The summed E-state index contributed by atoms with van der Waals surface area (Å²) in [5.41, 5.74) is 1.54. The zero-order valence-electron chi connectivity index (χ0n) is 22.1. The summed E-state index contributed by atoms with van der Waals surface area (Å²) in [5.74, 6) is 0.840. The molecule has 2 N–H and O–H groups in total. The lowest BCUT2D eigenvalue weighted by molar-refractivity contribution is -0.143. The molecule has 1 unspecified atom stereocenters. The van der Waals surface area contributed by atoms with Crippen LogP contribution >= 0.6 is 23.1 Å². The van der Waals surface area contributed by atoms with E-state index in [-0.39, 0.29) is 23.6 Å². The van der Waals surface area contributed by atoms with Gasteiger partial charge in [0.25, 0.3) is 0 Å². The molecule has 0 spiro atoms. The third kappa shape index (κ3) is 5.60. The van der Waals surface area contributed by atoms with Gasteiger partial charge in [-0.05, 0) is 68.9 Å². The van der Waals surface area contributed by atoms with Crippen molar-refractivity contribution in [1.29, 1.82) is 0 Å². The molecule has 0 bridgehead atoms. The molecule has 2 saturated heterocycles. The molecule has 11 heteroatoms. The topological polar surface area (TPSA) is 95.4 Å². The number of piperidine rings is 1. The van der Waals surface area contributed by atoms with Crippen LogP contribution in [0, 0.1) is 6.92 Å². The molecule has 2 aromatic heterocycles. The van der Waals surface area contributed by atoms with Crippen molar-refractivity contribution in [2.24, 2.45) is 7.05 Å². The summed E-state index contributed by atoms with van der Waals surface area (Å²) in [6, 6.07) is 12.7.